The van der Waals surface area contributed by atoms with Crippen molar-refractivity contribution >= 4 is 0 Å². The molecule has 2 rings (SSSR count). The maximum Gasteiger partial charge on any atom is 0.0564 e. The lowest BCUT2D eigenvalue weighted by atomic mass is 10.1. The highest BCUT2D eigenvalue weighted by molar-refractivity contribution is 4.77. The SMILES string of the molecule is OC1CCN(CCC2CC2)CC1. The Morgan fingerprint density at radius 3 is 2.33 bits per heavy atom. The second-order valence-electron chi connectivity index (χ2n) is 4.30. The average Bonchev–Trinajstić information content (AvgIpc) is 2.87. The molecule has 1 aliphatic heterocycles. The van der Waals surface area contributed by atoms with Gasteiger partial charge in [-0.1, -0.05) is 12.8 Å². The van der Waals surface area contributed by atoms with E-state index in [1.54, 1.807) is 0 Å². The quantitative estimate of drug-likeness (QED) is 0.687. The highest BCUT2D eigenvalue weighted by Crippen LogP contribution is 2.32. The van der Waals surface area contributed by atoms with Crippen LogP contribution in [0.25, 0.3) is 0 Å². The molecule has 1 saturated heterocycles. The Morgan fingerprint density at radius 1 is 1.08 bits per heavy atom. The van der Waals surface area contributed by atoms with Crippen LogP contribution < -0.4 is 0 Å². The highest BCUT2D eigenvalue weighted by Gasteiger charge is 2.23. The van der Waals surface area contributed by atoms with Crippen LogP contribution in [0.1, 0.15) is 32.1 Å². The van der Waals surface area contributed by atoms with E-state index in [2.05, 4.69) is 4.90 Å². The van der Waals surface area contributed by atoms with Crippen LogP contribution in [0.2, 0.25) is 0 Å². The lowest BCUT2D eigenvalue weighted by Gasteiger charge is -2.29. The van der Waals surface area contributed by atoms with Crippen LogP contribution in [0.15, 0.2) is 0 Å². The molecule has 0 bridgehead atoms. The predicted molar refractivity (Wildman–Crippen MR) is 49.0 cm³/mol. The zero-order valence-corrected chi connectivity index (χ0v) is 7.71. The summed E-state index contributed by atoms with van der Waals surface area (Å²) in [6.45, 7) is 3.51. The summed E-state index contributed by atoms with van der Waals surface area (Å²) in [5, 5.41) is 9.29. The van der Waals surface area contributed by atoms with Gasteiger partial charge in [0.1, 0.15) is 0 Å². The summed E-state index contributed by atoms with van der Waals surface area (Å²) in [6.07, 6.45) is 6.31. The van der Waals surface area contributed by atoms with Gasteiger partial charge in [0.15, 0.2) is 0 Å². The normalized spacial score (nSPS) is 27.8. The van der Waals surface area contributed by atoms with Crippen LogP contribution in [0.5, 0.6) is 0 Å². The molecule has 70 valence electrons. The molecule has 2 aliphatic rings. The largest absolute Gasteiger partial charge is 0.393 e. The van der Waals surface area contributed by atoms with E-state index in [1.165, 1.54) is 25.8 Å². The predicted octanol–water partition coefficient (Wildman–Crippen LogP) is 1.24. The Labute approximate surface area is 74.6 Å². The maximum absolute atomic E-state index is 9.29. The van der Waals surface area contributed by atoms with Gasteiger partial charge in [-0.25, -0.2) is 0 Å². The third kappa shape index (κ3) is 2.46. The first-order valence-corrected chi connectivity index (χ1v) is 5.25. The summed E-state index contributed by atoms with van der Waals surface area (Å²) in [7, 11) is 0. The second-order valence-corrected chi connectivity index (χ2v) is 4.30. The van der Waals surface area contributed by atoms with Crippen molar-refractivity contribution in [3.05, 3.63) is 0 Å². The first-order valence-electron chi connectivity index (χ1n) is 5.25. The summed E-state index contributed by atoms with van der Waals surface area (Å²) >= 11 is 0. The molecular weight excluding hydrogens is 150 g/mol. The van der Waals surface area contributed by atoms with E-state index in [4.69, 9.17) is 0 Å². The van der Waals surface area contributed by atoms with Crippen molar-refractivity contribution in [1.82, 2.24) is 4.90 Å². The van der Waals surface area contributed by atoms with Crippen molar-refractivity contribution in [1.29, 1.82) is 0 Å². The topological polar surface area (TPSA) is 23.5 Å². The summed E-state index contributed by atoms with van der Waals surface area (Å²) in [5.74, 6) is 1.05. The molecule has 0 radical (unpaired) electrons. The van der Waals surface area contributed by atoms with E-state index in [9.17, 15) is 5.11 Å². The second kappa shape index (κ2) is 3.75. The molecule has 2 nitrogen and oxygen atoms in total. The van der Waals surface area contributed by atoms with E-state index in [-0.39, 0.29) is 6.10 Å². The molecule has 1 heterocycles. The van der Waals surface area contributed by atoms with Crippen LogP contribution >= 0.6 is 0 Å². The standard InChI is InChI=1S/C10H19NO/c12-10-4-7-11(8-5-10)6-3-9-1-2-9/h9-10,12H,1-8H2. The average molecular weight is 169 g/mol. The van der Waals surface area contributed by atoms with Gasteiger partial charge in [0.2, 0.25) is 0 Å². The van der Waals surface area contributed by atoms with Crippen LogP contribution in [-0.4, -0.2) is 35.7 Å². The Balaban J connectivity index is 1.60. The van der Waals surface area contributed by atoms with Gasteiger partial charge in [0.05, 0.1) is 6.10 Å². The monoisotopic (exact) mass is 169 g/mol. The van der Waals surface area contributed by atoms with Gasteiger partial charge in [0, 0.05) is 13.1 Å². The smallest absolute Gasteiger partial charge is 0.0564 e. The van der Waals surface area contributed by atoms with Gasteiger partial charge >= 0.3 is 0 Å². The Kier molecular flexibility index (Phi) is 2.66. The van der Waals surface area contributed by atoms with Gasteiger partial charge in [-0.2, -0.15) is 0 Å². The van der Waals surface area contributed by atoms with Gasteiger partial charge in [0.25, 0.3) is 0 Å². The van der Waals surface area contributed by atoms with Crippen LogP contribution in [-0.2, 0) is 0 Å². The molecule has 2 heteroatoms. The lowest BCUT2D eigenvalue weighted by Crippen LogP contribution is -2.36. The fourth-order valence-electron chi connectivity index (χ4n) is 1.91. The number of likely N-dealkylation sites (tertiary alicyclic amines) is 1. The van der Waals surface area contributed by atoms with Crippen molar-refractivity contribution in [2.75, 3.05) is 19.6 Å². The molecule has 0 amide bonds. The van der Waals surface area contributed by atoms with Crippen LogP contribution in [0, 0.1) is 5.92 Å². The van der Waals surface area contributed by atoms with Crippen molar-refractivity contribution in [3.8, 4) is 0 Å². The number of hydrogen-bond donors (Lipinski definition) is 1. The summed E-state index contributed by atoms with van der Waals surface area (Å²) < 4.78 is 0. The zero-order chi connectivity index (χ0) is 8.39. The summed E-state index contributed by atoms with van der Waals surface area (Å²) in [4.78, 5) is 2.50. The molecule has 2 fully saturated rings. The molecule has 1 N–H and O–H groups in total. The van der Waals surface area contributed by atoms with Gasteiger partial charge in [-0.05, 0) is 31.7 Å². The van der Waals surface area contributed by atoms with E-state index in [0.717, 1.165) is 31.8 Å². The minimum atomic E-state index is -0.0119. The fourth-order valence-corrected chi connectivity index (χ4v) is 1.91. The van der Waals surface area contributed by atoms with Crippen LogP contribution in [0.3, 0.4) is 0 Å². The maximum atomic E-state index is 9.29. The molecular formula is C10H19NO. The van der Waals surface area contributed by atoms with Crippen molar-refractivity contribution < 1.29 is 5.11 Å². The zero-order valence-electron chi connectivity index (χ0n) is 7.71. The number of hydrogen-bond acceptors (Lipinski definition) is 2. The molecule has 0 aromatic rings. The lowest BCUT2D eigenvalue weighted by molar-refractivity contribution is 0.0814. The van der Waals surface area contributed by atoms with Gasteiger partial charge in [-0.3, -0.25) is 0 Å². The fraction of sp³-hybridized carbons (Fsp3) is 1.00. The van der Waals surface area contributed by atoms with Gasteiger partial charge in [-0.15, -0.1) is 0 Å². The number of rotatable bonds is 3. The molecule has 1 saturated carbocycles. The molecule has 12 heavy (non-hydrogen) atoms. The molecule has 0 atom stereocenters. The molecule has 1 aliphatic carbocycles. The van der Waals surface area contributed by atoms with Crippen LogP contribution in [0.4, 0.5) is 0 Å². The van der Waals surface area contributed by atoms with Crippen molar-refractivity contribution in [3.63, 3.8) is 0 Å². The van der Waals surface area contributed by atoms with E-state index < -0.39 is 0 Å². The van der Waals surface area contributed by atoms with E-state index in [0.29, 0.717) is 0 Å². The Morgan fingerprint density at radius 2 is 1.75 bits per heavy atom. The number of aliphatic hydroxyl groups is 1. The van der Waals surface area contributed by atoms with Crippen molar-refractivity contribution in [2.24, 2.45) is 5.92 Å². The summed E-state index contributed by atoms with van der Waals surface area (Å²) in [6, 6.07) is 0. The third-order valence-corrected chi connectivity index (χ3v) is 3.11. The summed E-state index contributed by atoms with van der Waals surface area (Å²) in [5.41, 5.74) is 0. The minimum absolute atomic E-state index is 0.0119. The minimum Gasteiger partial charge on any atom is -0.393 e. The van der Waals surface area contributed by atoms with E-state index >= 15 is 0 Å². The Bertz CT molecular complexity index is 137. The van der Waals surface area contributed by atoms with E-state index in [1.807, 2.05) is 0 Å². The number of piperidine rings is 1. The molecule has 0 spiro atoms. The molecule has 0 unspecified atom stereocenters. The molecule has 0 aromatic carbocycles. The third-order valence-electron chi connectivity index (χ3n) is 3.11. The first kappa shape index (κ1) is 8.52. The number of aliphatic hydroxyl groups excluding tert-OH is 1. The van der Waals surface area contributed by atoms with Crippen molar-refractivity contribution in [2.45, 2.75) is 38.2 Å². The Hall–Kier alpha value is -0.0800. The van der Waals surface area contributed by atoms with Gasteiger partial charge < -0.3 is 10.0 Å². The first-order chi connectivity index (χ1) is 5.84. The number of nitrogens with zero attached hydrogens (tertiary/aromatic N) is 1. The molecule has 0 aromatic heterocycles. The highest BCUT2D eigenvalue weighted by atomic mass is 16.3.